The highest BCUT2D eigenvalue weighted by Gasteiger charge is 2.18. The largest absolute Gasteiger partial charge is 0.378 e. The van der Waals surface area contributed by atoms with Gasteiger partial charge in [0, 0.05) is 19.6 Å². The molecule has 2 aliphatic heterocycles. The zero-order valence-electron chi connectivity index (χ0n) is 12.3. The van der Waals surface area contributed by atoms with E-state index in [0.717, 1.165) is 50.2 Å². The summed E-state index contributed by atoms with van der Waals surface area (Å²) in [4.78, 5) is 4.67. The quantitative estimate of drug-likeness (QED) is 0.830. The van der Waals surface area contributed by atoms with Crippen molar-refractivity contribution in [2.24, 2.45) is 5.92 Å². The molecule has 2 saturated heterocycles. The average Bonchev–Trinajstić information content (AvgIpc) is 2.49. The second-order valence-corrected chi connectivity index (χ2v) is 5.96. The summed E-state index contributed by atoms with van der Waals surface area (Å²) in [6.45, 7) is 5.84. The second-order valence-electron chi connectivity index (χ2n) is 5.96. The van der Waals surface area contributed by atoms with Gasteiger partial charge in [-0.25, -0.2) is 0 Å². The van der Waals surface area contributed by atoms with E-state index in [-0.39, 0.29) is 0 Å². The fourth-order valence-electron chi connectivity index (χ4n) is 3.16. The molecular formula is C15H24N4O. The Balaban J connectivity index is 1.58. The van der Waals surface area contributed by atoms with Crippen LogP contribution in [0.3, 0.4) is 0 Å². The van der Waals surface area contributed by atoms with Crippen molar-refractivity contribution in [3.05, 3.63) is 17.8 Å². The van der Waals surface area contributed by atoms with Gasteiger partial charge in [0.2, 0.25) is 0 Å². The summed E-state index contributed by atoms with van der Waals surface area (Å²) < 4.78 is 5.36. The van der Waals surface area contributed by atoms with Gasteiger partial charge in [0.1, 0.15) is 0 Å². The molecule has 5 heteroatoms. The van der Waals surface area contributed by atoms with Crippen molar-refractivity contribution in [1.29, 1.82) is 0 Å². The van der Waals surface area contributed by atoms with E-state index in [1.54, 1.807) is 0 Å². The smallest absolute Gasteiger partial charge is 0.151 e. The van der Waals surface area contributed by atoms with Crippen LogP contribution >= 0.6 is 0 Å². The van der Waals surface area contributed by atoms with Crippen LogP contribution in [0.5, 0.6) is 0 Å². The summed E-state index contributed by atoms with van der Waals surface area (Å²) in [6.07, 6.45) is 3.68. The van der Waals surface area contributed by atoms with E-state index < -0.39 is 0 Å². The fraction of sp³-hybridized carbons (Fsp3) is 0.733. The lowest BCUT2D eigenvalue weighted by atomic mass is 9.94. The molecule has 0 unspecified atom stereocenters. The molecule has 0 spiro atoms. The minimum absolute atomic E-state index is 0.734. The summed E-state index contributed by atoms with van der Waals surface area (Å²) in [6, 6.07) is 4.26. The van der Waals surface area contributed by atoms with Crippen LogP contribution in [0.25, 0.3) is 0 Å². The molecule has 3 rings (SSSR count). The molecule has 0 N–H and O–H groups in total. The van der Waals surface area contributed by atoms with Crippen LogP contribution in [-0.4, -0.2) is 61.5 Å². The molecule has 0 saturated carbocycles. The van der Waals surface area contributed by atoms with E-state index in [1.165, 1.54) is 25.9 Å². The lowest BCUT2D eigenvalue weighted by molar-refractivity contribution is 0.122. The van der Waals surface area contributed by atoms with Crippen LogP contribution in [0.1, 0.15) is 18.5 Å². The Labute approximate surface area is 120 Å². The van der Waals surface area contributed by atoms with Crippen molar-refractivity contribution in [2.45, 2.75) is 19.3 Å². The number of hydrogen-bond donors (Lipinski definition) is 0. The van der Waals surface area contributed by atoms with Gasteiger partial charge in [0.25, 0.3) is 0 Å². The number of likely N-dealkylation sites (tertiary alicyclic amines) is 1. The Kier molecular flexibility index (Phi) is 4.47. The first-order valence-electron chi connectivity index (χ1n) is 7.65. The monoisotopic (exact) mass is 276 g/mol. The summed E-state index contributed by atoms with van der Waals surface area (Å²) in [5, 5.41) is 8.82. The SMILES string of the molecule is CN1CCC[C@H](Cc2ccc(N3CCOCC3)nn2)C1. The number of hydrogen-bond acceptors (Lipinski definition) is 5. The number of anilines is 1. The molecule has 3 heterocycles. The Morgan fingerprint density at radius 1 is 1.20 bits per heavy atom. The van der Waals surface area contributed by atoms with Gasteiger partial charge >= 0.3 is 0 Å². The molecule has 1 aromatic heterocycles. The van der Waals surface area contributed by atoms with Crippen molar-refractivity contribution in [1.82, 2.24) is 15.1 Å². The van der Waals surface area contributed by atoms with Gasteiger partial charge in [-0.05, 0) is 50.9 Å². The van der Waals surface area contributed by atoms with E-state index in [2.05, 4.69) is 39.2 Å². The molecule has 20 heavy (non-hydrogen) atoms. The maximum absolute atomic E-state index is 5.36. The summed E-state index contributed by atoms with van der Waals surface area (Å²) in [7, 11) is 2.21. The first kappa shape index (κ1) is 13.8. The van der Waals surface area contributed by atoms with Crippen molar-refractivity contribution in [2.75, 3.05) is 51.3 Å². The summed E-state index contributed by atoms with van der Waals surface area (Å²) in [5.41, 5.74) is 1.13. The molecule has 2 fully saturated rings. The van der Waals surface area contributed by atoms with Crippen LogP contribution in [0.2, 0.25) is 0 Å². The molecule has 0 bridgehead atoms. The van der Waals surface area contributed by atoms with E-state index >= 15 is 0 Å². The maximum Gasteiger partial charge on any atom is 0.151 e. The number of nitrogens with zero attached hydrogens (tertiary/aromatic N) is 4. The Morgan fingerprint density at radius 3 is 2.75 bits per heavy atom. The van der Waals surface area contributed by atoms with Gasteiger partial charge in [0.15, 0.2) is 5.82 Å². The van der Waals surface area contributed by atoms with Crippen molar-refractivity contribution >= 4 is 5.82 Å². The Morgan fingerprint density at radius 2 is 2.05 bits per heavy atom. The average molecular weight is 276 g/mol. The molecular weight excluding hydrogens is 252 g/mol. The highest BCUT2D eigenvalue weighted by Crippen LogP contribution is 2.19. The lowest BCUT2D eigenvalue weighted by Crippen LogP contribution is -2.37. The predicted octanol–water partition coefficient (Wildman–Crippen LogP) is 1.20. The van der Waals surface area contributed by atoms with Crippen molar-refractivity contribution in [3.63, 3.8) is 0 Å². The van der Waals surface area contributed by atoms with Gasteiger partial charge in [-0.2, -0.15) is 5.10 Å². The topological polar surface area (TPSA) is 41.5 Å². The number of rotatable bonds is 3. The van der Waals surface area contributed by atoms with E-state index in [0.29, 0.717) is 0 Å². The summed E-state index contributed by atoms with van der Waals surface area (Å²) in [5.74, 6) is 1.72. The molecule has 110 valence electrons. The Bertz CT molecular complexity index is 416. The molecule has 1 aromatic rings. The van der Waals surface area contributed by atoms with Crippen LogP contribution in [0.15, 0.2) is 12.1 Å². The molecule has 0 radical (unpaired) electrons. The third-order valence-corrected chi connectivity index (χ3v) is 4.26. The summed E-state index contributed by atoms with van der Waals surface area (Å²) >= 11 is 0. The van der Waals surface area contributed by atoms with E-state index in [1.807, 2.05) is 0 Å². The minimum atomic E-state index is 0.734. The molecule has 5 nitrogen and oxygen atoms in total. The molecule has 2 aliphatic rings. The number of aromatic nitrogens is 2. The Hall–Kier alpha value is -1.20. The van der Waals surface area contributed by atoms with Crippen LogP contribution < -0.4 is 4.90 Å². The molecule has 1 atom stereocenters. The third-order valence-electron chi connectivity index (χ3n) is 4.26. The number of ether oxygens (including phenoxy) is 1. The standard InChI is InChI=1S/C15H24N4O/c1-18-6-2-3-13(12-18)11-14-4-5-15(17-16-14)19-7-9-20-10-8-19/h4-5,13H,2-3,6-12H2,1H3/t13-/m1/s1. The van der Waals surface area contributed by atoms with Crippen molar-refractivity contribution < 1.29 is 4.74 Å². The fourth-order valence-corrected chi connectivity index (χ4v) is 3.16. The van der Waals surface area contributed by atoms with E-state index in [4.69, 9.17) is 4.74 Å². The van der Waals surface area contributed by atoms with E-state index in [9.17, 15) is 0 Å². The number of piperidine rings is 1. The predicted molar refractivity (Wildman–Crippen MR) is 79.0 cm³/mol. The van der Waals surface area contributed by atoms with Crippen LogP contribution in [0, 0.1) is 5.92 Å². The van der Waals surface area contributed by atoms with Crippen LogP contribution in [0.4, 0.5) is 5.82 Å². The number of morpholine rings is 1. The normalized spacial score (nSPS) is 24.9. The second kappa shape index (κ2) is 6.50. The van der Waals surface area contributed by atoms with Gasteiger partial charge in [-0.3, -0.25) is 0 Å². The molecule has 0 aromatic carbocycles. The zero-order valence-corrected chi connectivity index (χ0v) is 12.3. The minimum Gasteiger partial charge on any atom is -0.378 e. The van der Waals surface area contributed by atoms with Gasteiger partial charge in [-0.15, -0.1) is 5.10 Å². The van der Waals surface area contributed by atoms with Crippen LogP contribution in [-0.2, 0) is 11.2 Å². The van der Waals surface area contributed by atoms with Gasteiger partial charge in [-0.1, -0.05) is 0 Å². The van der Waals surface area contributed by atoms with Gasteiger partial charge < -0.3 is 14.5 Å². The maximum atomic E-state index is 5.36. The lowest BCUT2D eigenvalue weighted by Gasteiger charge is -2.29. The van der Waals surface area contributed by atoms with Gasteiger partial charge in [0.05, 0.1) is 18.9 Å². The third kappa shape index (κ3) is 3.46. The zero-order chi connectivity index (χ0) is 13.8. The highest BCUT2D eigenvalue weighted by atomic mass is 16.5. The highest BCUT2D eigenvalue weighted by molar-refractivity contribution is 5.37. The first-order valence-corrected chi connectivity index (χ1v) is 7.65. The molecule has 0 amide bonds. The molecule has 0 aliphatic carbocycles. The first-order chi connectivity index (χ1) is 9.81. The van der Waals surface area contributed by atoms with Crippen molar-refractivity contribution in [3.8, 4) is 0 Å².